The van der Waals surface area contributed by atoms with Crippen molar-refractivity contribution < 1.29 is 14.3 Å². The van der Waals surface area contributed by atoms with Gasteiger partial charge in [0.05, 0.1) is 16.5 Å². The highest BCUT2D eigenvalue weighted by Crippen LogP contribution is 2.39. The van der Waals surface area contributed by atoms with Crippen LogP contribution >= 0.6 is 46.6 Å². The summed E-state index contributed by atoms with van der Waals surface area (Å²) in [4.78, 5) is 13.2. The molecular weight excluding hydrogens is 527 g/mol. The zero-order valence-electron chi connectivity index (χ0n) is 19.0. The Labute approximate surface area is 223 Å². The minimum absolute atomic E-state index is 0.177. The summed E-state index contributed by atoms with van der Waals surface area (Å²) in [6, 6.07) is 16.6. The van der Waals surface area contributed by atoms with Gasteiger partial charge in [-0.2, -0.15) is 0 Å². The van der Waals surface area contributed by atoms with E-state index in [1.807, 2.05) is 50.2 Å². The van der Waals surface area contributed by atoms with E-state index < -0.39 is 0 Å². The van der Waals surface area contributed by atoms with E-state index in [4.69, 9.17) is 44.3 Å². The lowest BCUT2D eigenvalue weighted by Crippen LogP contribution is -2.31. The molecule has 1 fully saturated rings. The van der Waals surface area contributed by atoms with Gasteiger partial charge in [-0.1, -0.05) is 64.8 Å². The summed E-state index contributed by atoms with van der Waals surface area (Å²) in [6.07, 6.45) is 1.78. The summed E-state index contributed by atoms with van der Waals surface area (Å²) in [5.41, 5.74) is 3.25. The van der Waals surface area contributed by atoms with E-state index in [2.05, 4.69) is 10.6 Å². The van der Waals surface area contributed by atoms with E-state index >= 15 is 0 Å². The van der Waals surface area contributed by atoms with Crippen LogP contribution in [0.3, 0.4) is 0 Å². The van der Waals surface area contributed by atoms with Crippen molar-refractivity contribution in [3.63, 3.8) is 0 Å². The van der Waals surface area contributed by atoms with Crippen molar-refractivity contribution >= 4 is 64.2 Å². The van der Waals surface area contributed by atoms with E-state index in [1.165, 1.54) is 11.8 Å². The predicted molar refractivity (Wildman–Crippen MR) is 146 cm³/mol. The Morgan fingerprint density at radius 3 is 2.51 bits per heavy atom. The molecule has 1 saturated heterocycles. The number of anilines is 1. The van der Waals surface area contributed by atoms with Crippen LogP contribution in [0.5, 0.6) is 11.5 Å². The summed E-state index contributed by atoms with van der Waals surface area (Å²) in [5, 5.41) is 7.92. The van der Waals surface area contributed by atoms with Crippen LogP contribution in [0.1, 0.15) is 23.6 Å². The lowest BCUT2D eigenvalue weighted by atomic mass is 10.1. The number of rotatable bonds is 8. The summed E-state index contributed by atoms with van der Waals surface area (Å²) in [5.74, 6) is 0.780. The predicted octanol–water partition coefficient (Wildman–Crippen LogP) is 7.53. The molecule has 0 aromatic heterocycles. The molecule has 0 radical (unpaired) electrons. The highest BCUT2D eigenvalue weighted by atomic mass is 35.5. The van der Waals surface area contributed by atoms with Gasteiger partial charge in [-0.25, -0.2) is 0 Å². The Morgan fingerprint density at radius 2 is 1.77 bits per heavy atom. The van der Waals surface area contributed by atoms with E-state index in [9.17, 15) is 4.79 Å². The second-order valence-corrected chi connectivity index (χ2v) is 10.2. The lowest BCUT2D eigenvalue weighted by molar-refractivity contribution is -0.116. The van der Waals surface area contributed by atoms with Gasteiger partial charge in [0.15, 0.2) is 17.0 Å². The van der Waals surface area contributed by atoms with Crippen molar-refractivity contribution in [3.8, 4) is 11.5 Å². The van der Waals surface area contributed by atoms with Gasteiger partial charge in [0.25, 0.3) is 5.91 Å². The van der Waals surface area contributed by atoms with Crippen LogP contribution in [0.25, 0.3) is 6.08 Å². The van der Waals surface area contributed by atoms with Gasteiger partial charge >= 0.3 is 0 Å². The van der Waals surface area contributed by atoms with Crippen LogP contribution in [-0.4, -0.2) is 18.0 Å². The molecule has 0 spiro atoms. The molecule has 182 valence electrons. The number of benzene rings is 3. The van der Waals surface area contributed by atoms with Crippen LogP contribution in [0.15, 0.2) is 59.5 Å². The van der Waals surface area contributed by atoms with Crippen molar-refractivity contribution in [1.82, 2.24) is 5.32 Å². The molecule has 0 aliphatic carbocycles. The van der Waals surface area contributed by atoms with Crippen LogP contribution in [-0.2, 0) is 11.4 Å². The standard InChI is InChI=1S/C26H23Cl3N2O3S/c1-3-33-22-11-17(10-20(29)24(22)34-14-16-5-8-18(27)9-6-16)12-23-25(32)31-26(35-23)30-21-13-19(28)7-4-15(21)2/h4-13,26,30H,3,14H2,1-2H3,(H,31,32)/b23-12-. The Hall–Kier alpha value is -2.51. The second-order valence-electron chi connectivity index (χ2n) is 7.76. The molecule has 1 heterocycles. The fourth-order valence-corrected chi connectivity index (χ4v) is 4.97. The molecule has 35 heavy (non-hydrogen) atoms. The number of ether oxygens (including phenoxy) is 2. The molecule has 1 atom stereocenters. The third-order valence-electron chi connectivity index (χ3n) is 5.14. The Balaban J connectivity index is 1.51. The van der Waals surface area contributed by atoms with E-state index in [-0.39, 0.29) is 11.4 Å². The fraction of sp³-hybridized carbons (Fsp3) is 0.192. The maximum Gasteiger partial charge on any atom is 0.260 e. The summed E-state index contributed by atoms with van der Waals surface area (Å²) < 4.78 is 11.8. The number of halogens is 3. The quantitative estimate of drug-likeness (QED) is 0.284. The van der Waals surface area contributed by atoms with E-state index in [0.29, 0.717) is 44.7 Å². The summed E-state index contributed by atoms with van der Waals surface area (Å²) >= 11 is 20.0. The molecule has 9 heteroatoms. The third kappa shape index (κ3) is 6.58. The lowest BCUT2D eigenvalue weighted by Gasteiger charge is -2.15. The summed E-state index contributed by atoms with van der Waals surface area (Å²) in [7, 11) is 0. The molecule has 1 unspecified atom stereocenters. The van der Waals surface area contributed by atoms with Gasteiger partial charge < -0.3 is 20.1 Å². The average Bonchev–Trinajstić information content (AvgIpc) is 3.15. The van der Waals surface area contributed by atoms with Gasteiger partial charge in [-0.05, 0) is 73.0 Å². The number of aryl methyl sites for hydroxylation is 1. The van der Waals surface area contributed by atoms with Crippen molar-refractivity contribution in [1.29, 1.82) is 0 Å². The van der Waals surface area contributed by atoms with Crippen molar-refractivity contribution in [2.24, 2.45) is 0 Å². The zero-order valence-corrected chi connectivity index (χ0v) is 22.1. The molecule has 1 aliphatic heterocycles. The van der Waals surface area contributed by atoms with E-state index in [1.54, 1.807) is 24.3 Å². The first-order valence-corrected chi connectivity index (χ1v) is 12.9. The normalized spacial score (nSPS) is 16.3. The van der Waals surface area contributed by atoms with Crippen molar-refractivity contribution in [2.75, 3.05) is 11.9 Å². The number of carbonyl (C=O) groups is 1. The highest BCUT2D eigenvalue weighted by molar-refractivity contribution is 8.05. The van der Waals surface area contributed by atoms with Gasteiger partial charge in [0, 0.05) is 15.7 Å². The molecule has 4 rings (SSSR count). The number of hydrogen-bond acceptors (Lipinski definition) is 5. The monoisotopic (exact) mass is 548 g/mol. The van der Waals surface area contributed by atoms with Crippen LogP contribution in [0, 0.1) is 6.92 Å². The molecule has 0 bridgehead atoms. The van der Waals surface area contributed by atoms with Gasteiger partial charge in [-0.3, -0.25) is 4.79 Å². The SMILES string of the molecule is CCOc1cc(/C=C2\SC(Nc3cc(Cl)ccc3C)NC2=O)cc(Cl)c1OCc1ccc(Cl)cc1. The maximum atomic E-state index is 12.6. The molecule has 3 aromatic carbocycles. The molecular formula is C26H23Cl3N2O3S. The third-order valence-corrected chi connectivity index (χ3v) is 6.94. The molecule has 1 aliphatic rings. The minimum Gasteiger partial charge on any atom is -0.490 e. The number of carbonyl (C=O) groups excluding carboxylic acids is 1. The van der Waals surface area contributed by atoms with Gasteiger partial charge in [0.1, 0.15) is 6.61 Å². The molecule has 5 nitrogen and oxygen atoms in total. The number of amides is 1. The molecule has 3 aromatic rings. The number of thioether (sulfide) groups is 1. The van der Waals surface area contributed by atoms with Gasteiger partial charge in [0.2, 0.25) is 0 Å². The largest absolute Gasteiger partial charge is 0.490 e. The van der Waals surface area contributed by atoms with Crippen molar-refractivity contribution in [3.05, 3.63) is 91.3 Å². The highest BCUT2D eigenvalue weighted by Gasteiger charge is 2.27. The van der Waals surface area contributed by atoms with Crippen LogP contribution < -0.4 is 20.1 Å². The first kappa shape index (κ1) is 25.6. The second kappa shape index (κ2) is 11.5. The minimum atomic E-state index is -0.324. The van der Waals surface area contributed by atoms with E-state index in [0.717, 1.165) is 22.4 Å². The Morgan fingerprint density at radius 1 is 1.03 bits per heavy atom. The topological polar surface area (TPSA) is 59.6 Å². The Kier molecular flexibility index (Phi) is 8.39. The van der Waals surface area contributed by atoms with Crippen LogP contribution in [0.4, 0.5) is 5.69 Å². The van der Waals surface area contributed by atoms with Gasteiger partial charge in [-0.15, -0.1) is 0 Å². The average molecular weight is 550 g/mol. The molecule has 0 saturated carbocycles. The Bertz CT molecular complexity index is 1270. The maximum absolute atomic E-state index is 12.6. The summed E-state index contributed by atoms with van der Waals surface area (Å²) in [6.45, 7) is 4.61. The first-order valence-electron chi connectivity index (χ1n) is 10.9. The number of hydrogen-bond donors (Lipinski definition) is 2. The first-order chi connectivity index (χ1) is 16.8. The fourth-order valence-electron chi connectivity index (χ4n) is 3.42. The van der Waals surface area contributed by atoms with Crippen LogP contribution in [0.2, 0.25) is 15.1 Å². The molecule has 2 N–H and O–H groups in total. The number of nitrogens with one attached hydrogen (secondary N) is 2. The smallest absolute Gasteiger partial charge is 0.260 e. The molecule has 1 amide bonds. The zero-order chi connectivity index (χ0) is 24.9. The van der Waals surface area contributed by atoms with Crippen molar-refractivity contribution in [2.45, 2.75) is 26.0 Å².